The number of pyridine rings is 1. The summed E-state index contributed by atoms with van der Waals surface area (Å²) in [6, 6.07) is 6.57. The largest absolute Gasteiger partial charge is 0.399 e. The van der Waals surface area contributed by atoms with Crippen molar-refractivity contribution in [3.05, 3.63) is 42.5 Å². The molecule has 0 spiro atoms. The van der Waals surface area contributed by atoms with E-state index in [4.69, 9.17) is 5.73 Å². The first-order chi connectivity index (χ1) is 9.88. The summed E-state index contributed by atoms with van der Waals surface area (Å²) in [5, 5.41) is 0. The van der Waals surface area contributed by atoms with Crippen LogP contribution in [0.15, 0.2) is 36.7 Å². The number of halogens is 1. The van der Waals surface area contributed by atoms with E-state index in [-0.39, 0.29) is 11.4 Å². The van der Waals surface area contributed by atoms with Crippen LogP contribution in [-0.2, 0) is 5.54 Å². The van der Waals surface area contributed by atoms with Crippen LogP contribution >= 0.6 is 0 Å². The molecule has 2 N–H and O–H groups in total. The minimum absolute atomic E-state index is 0.237. The molecule has 0 radical (unpaired) electrons. The molecule has 0 unspecified atom stereocenters. The number of fused-ring (bicyclic) bond motifs is 1. The molecule has 0 atom stereocenters. The van der Waals surface area contributed by atoms with Gasteiger partial charge in [0.1, 0.15) is 17.2 Å². The van der Waals surface area contributed by atoms with Crippen LogP contribution in [0, 0.1) is 5.82 Å². The Kier molecular flexibility index (Phi) is 2.93. The second-order valence-electron chi connectivity index (χ2n) is 6.05. The molecule has 108 valence electrons. The summed E-state index contributed by atoms with van der Waals surface area (Å²) in [4.78, 5) is 8.65. The van der Waals surface area contributed by atoms with Crippen molar-refractivity contribution in [3.63, 3.8) is 0 Å². The van der Waals surface area contributed by atoms with Gasteiger partial charge in [-0.15, -0.1) is 0 Å². The fourth-order valence-electron chi connectivity index (χ4n) is 2.50. The fourth-order valence-corrected chi connectivity index (χ4v) is 2.50. The van der Waals surface area contributed by atoms with E-state index in [2.05, 4.69) is 30.7 Å². The Hall–Kier alpha value is -2.43. The highest BCUT2D eigenvalue weighted by atomic mass is 19.1. The summed E-state index contributed by atoms with van der Waals surface area (Å²) in [5.41, 5.74) is 7.91. The van der Waals surface area contributed by atoms with Crippen molar-refractivity contribution < 1.29 is 4.39 Å². The Labute approximate surface area is 122 Å². The number of imidazole rings is 1. The normalized spacial score (nSPS) is 12.0. The molecule has 21 heavy (non-hydrogen) atoms. The quantitative estimate of drug-likeness (QED) is 0.695. The smallest absolute Gasteiger partial charge is 0.144 e. The molecule has 3 aromatic rings. The second kappa shape index (κ2) is 4.55. The van der Waals surface area contributed by atoms with Crippen LogP contribution in [0.25, 0.3) is 22.4 Å². The molecule has 2 heterocycles. The van der Waals surface area contributed by atoms with Crippen LogP contribution in [0.3, 0.4) is 0 Å². The van der Waals surface area contributed by atoms with E-state index >= 15 is 0 Å². The van der Waals surface area contributed by atoms with E-state index in [0.29, 0.717) is 17.1 Å². The summed E-state index contributed by atoms with van der Waals surface area (Å²) in [6.07, 6.45) is 3.41. The summed E-state index contributed by atoms with van der Waals surface area (Å²) in [5.74, 6) is 0.215. The lowest BCUT2D eigenvalue weighted by atomic mass is 10.1. The number of hydrogen-bond acceptors (Lipinski definition) is 3. The zero-order chi connectivity index (χ0) is 15.2. The Morgan fingerprint density at radius 1 is 1.19 bits per heavy atom. The second-order valence-corrected chi connectivity index (χ2v) is 6.05. The van der Waals surface area contributed by atoms with Crippen molar-refractivity contribution in [1.82, 2.24) is 14.5 Å². The molecule has 0 saturated heterocycles. The minimum Gasteiger partial charge on any atom is -0.399 e. The number of nitrogens with two attached hydrogens (primary N) is 1. The molecule has 5 heteroatoms. The third-order valence-corrected chi connectivity index (χ3v) is 3.36. The molecule has 0 aliphatic carbocycles. The number of rotatable bonds is 1. The Balaban J connectivity index is 2.37. The third-order valence-electron chi connectivity index (χ3n) is 3.36. The molecule has 0 aliphatic heterocycles. The molecule has 4 nitrogen and oxygen atoms in total. The molecule has 0 fully saturated rings. The maximum atomic E-state index is 14.3. The SMILES string of the molecule is CC(C)(C)n1c(-c2ccc(N)cc2F)nc2cnccc21. The zero-order valence-electron chi connectivity index (χ0n) is 12.3. The Morgan fingerprint density at radius 2 is 1.95 bits per heavy atom. The van der Waals surface area contributed by atoms with E-state index in [1.165, 1.54) is 6.07 Å². The van der Waals surface area contributed by atoms with E-state index < -0.39 is 0 Å². The van der Waals surface area contributed by atoms with E-state index in [1.807, 2.05) is 10.6 Å². The number of nitrogens with zero attached hydrogens (tertiary/aromatic N) is 3. The highest BCUT2D eigenvalue weighted by Gasteiger charge is 2.23. The van der Waals surface area contributed by atoms with Gasteiger partial charge in [0.2, 0.25) is 0 Å². The monoisotopic (exact) mass is 284 g/mol. The van der Waals surface area contributed by atoms with Crippen LogP contribution < -0.4 is 5.73 Å². The Bertz CT molecular complexity index is 815. The van der Waals surface area contributed by atoms with Gasteiger partial charge in [0.05, 0.1) is 17.3 Å². The van der Waals surface area contributed by atoms with Gasteiger partial charge in [0.15, 0.2) is 0 Å². The summed E-state index contributed by atoms with van der Waals surface area (Å²) >= 11 is 0. The molecule has 2 aromatic heterocycles. The third kappa shape index (κ3) is 2.24. The molecule has 0 saturated carbocycles. The van der Waals surface area contributed by atoms with Crippen LogP contribution in [0.5, 0.6) is 0 Å². The fraction of sp³-hybridized carbons (Fsp3) is 0.250. The Morgan fingerprint density at radius 3 is 2.62 bits per heavy atom. The van der Waals surface area contributed by atoms with E-state index in [1.54, 1.807) is 24.5 Å². The topological polar surface area (TPSA) is 56.7 Å². The molecule has 0 amide bonds. The average Bonchev–Trinajstić information content (AvgIpc) is 2.77. The van der Waals surface area contributed by atoms with Crippen molar-refractivity contribution in [2.75, 3.05) is 5.73 Å². The molecule has 1 aromatic carbocycles. The van der Waals surface area contributed by atoms with Gasteiger partial charge in [-0.25, -0.2) is 9.37 Å². The highest BCUT2D eigenvalue weighted by Crippen LogP contribution is 2.32. The van der Waals surface area contributed by atoms with Crippen molar-refractivity contribution in [3.8, 4) is 11.4 Å². The van der Waals surface area contributed by atoms with Gasteiger partial charge < -0.3 is 10.3 Å². The molecule has 0 aliphatic rings. The standard InChI is InChI=1S/C16H17FN4/c1-16(2,3)21-14-6-7-19-9-13(14)20-15(21)11-5-4-10(18)8-12(11)17/h4-9H,18H2,1-3H3. The van der Waals surface area contributed by atoms with Crippen molar-refractivity contribution >= 4 is 16.7 Å². The van der Waals surface area contributed by atoms with Crippen LogP contribution in [0.1, 0.15) is 20.8 Å². The van der Waals surface area contributed by atoms with E-state index in [0.717, 1.165) is 11.0 Å². The number of aromatic nitrogens is 3. The number of benzene rings is 1. The minimum atomic E-state index is -0.372. The summed E-state index contributed by atoms with van der Waals surface area (Å²) in [6.45, 7) is 6.19. The van der Waals surface area contributed by atoms with Gasteiger partial charge in [0, 0.05) is 17.4 Å². The molecule has 3 rings (SSSR count). The van der Waals surface area contributed by atoms with Crippen LogP contribution in [-0.4, -0.2) is 14.5 Å². The molecular formula is C16H17FN4. The van der Waals surface area contributed by atoms with Gasteiger partial charge in [-0.1, -0.05) is 0 Å². The van der Waals surface area contributed by atoms with Crippen molar-refractivity contribution in [2.24, 2.45) is 0 Å². The maximum Gasteiger partial charge on any atom is 0.144 e. The van der Waals surface area contributed by atoms with E-state index in [9.17, 15) is 4.39 Å². The molecule has 0 bridgehead atoms. The van der Waals surface area contributed by atoms with Crippen molar-refractivity contribution in [2.45, 2.75) is 26.3 Å². The van der Waals surface area contributed by atoms with Gasteiger partial charge in [-0.3, -0.25) is 4.98 Å². The average molecular weight is 284 g/mol. The first-order valence-corrected chi connectivity index (χ1v) is 6.76. The van der Waals surface area contributed by atoms with Gasteiger partial charge >= 0.3 is 0 Å². The van der Waals surface area contributed by atoms with Gasteiger partial charge in [0.25, 0.3) is 0 Å². The summed E-state index contributed by atoms with van der Waals surface area (Å²) in [7, 11) is 0. The first-order valence-electron chi connectivity index (χ1n) is 6.76. The lowest BCUT2D eigenvalue weighted by Crippen LogP contribution is -2.22. The first kappa shape index (κ1) is 13.5. The zero-order valence-corrected chi connectivity index (χ0v) is 12.3. The summed E-state index contributed by atoms with van der Waals surface area (Å²) < 4.78 is 16.3. The van der Waals surface area contributed by atoms with Gasteiger partial charge in [-0.05, 0) is 45.0 Å². The number of hydrogen-bond donors (Lipinski definition) is 1. The highest BCUT2D eigenvalue weighted by molar-refractivity contribution is 5.80. The maximum absolute atomic E-state index is 14.3. The predicted octanol–water partition coefficient (Wildman–Crippen LogP) is 3.57. The lowest BCUT2D eigenvalue weighted by Gasteiger charge is -2.24. The van der Waals surface area contributed by atoms with Crippen molar-refractivity contribution in [1.29, 1.82) is 0 Å². The van der Waals surface area contributed by atoms with Crippen LogP contribution in [0.2, 0.25) is 0 Å². The lowest BCUT2D eigenvalue weighted by molar-refractivity contribution is 0.412. The number of anilines is 1. The van der Waals surface area contributed by atoms with Gasteiger partial charge in [-0.2, -0.15) is 0 Å². The predicted molar refractivity (Wildman–Crippen MR) is 82.3 cm³/mol. The molecular weight excluding hydrogens is 267 g/mol. The number of nitrogen functional groups attached to an aromatic ring is 1. The van der Waals surface area contributed by atoms with Crippen LogP contribution in [0.4, 0.5) is 10.1 Å².